The summed E-state index contributed by atoms with van der Waals surface area (Å²) in [6.07, 6.45) is 0.629. The summed E-state index contributed by atoms with van der Waals surface area (Å²) in [7, 11) is 0. The van der Waals surface area contributed by atoms with Crippen LogP contribution in [0.3, 0.4) is 0 Å². The van der Waals surface area contributed by atoms with Crippen molar-refractivity contribution in [3.63, 3.8) is 0 Å². The van der Waals surface area contributed by atoms with Crippen molar-refractivity contribution in [1.82, 2.24) is 5.32 Å². The molecule has 0 aliphatic carbocycles. The lowest BCUT2D eigenvalue weighted by atomic mass is 10.4. The van der Waals surface area contributed by atoms with Gasteiger partial charge in [0.25, 0.3) is 0 Å². The molecule has 2 nitrogen and oxygen atoms in total. The van der Waals surface area contributed by atoms with E-state index in [1.54, 1.807) is 0 Å². The summed E-state index contributed by atoms with van der Waals surface area (Å²) in [5.74, 6) is 3.86. The van der Waals surface area contributed by atoms with Crippen LogP contribution in [0.1, 0.15) is 6.42 Å². The van der Waals surface area contributed by atoms with Crippen molar-refractivity contribution in [2.45, 2.75) is 11.7 Å². The molecule has 0 radical (unpaired) electrons. The molecule has 0 saturated carbocycles. The molecule has 1 N–H and O–H groups in total. The fourth-order valence-corrected chi connectivity index (χ4v) is 3.71. The lowest BCUT2D eigenvalue weighted by Crippen LogP contribution is -2.29. The molecular weight excluding hydrogens is 188 g/mol. The van der Waals surface area contributed by atoms with Gasteiger partial charge in [0, 0.05) is 42.0 Å². The molecule has 0 amide bonds. The van der Waals surface area contributed by atoms with E-state index in [2.05, 4.69) is 23.1 Å². The van der Waals surface area contributed by atoms with Crippen LogP contribution in [0.15, 0.2) is 0 Å². The van der Waals surface area contributed by atoms with E-state index in [9.17, 15) is 0 Å². The second-order valence-electron chi connectivity index (χ2n) is 2.68. The maximum Gasteiger partial charge on any atom is 0.0635 e. The fraction of sp³-hybridized carbons (Fsp3) is 0.875. The number of hydrogen-bond acceptors (Lipinski definition) is 4. The topological polar surface area (TPSA) is 35.8 Å². The highest BCUT2D eigenvalue weighted by molar-refractivity contribution is 8.06. The zero-order chi connectivity index (χ0) is 8.65. The van der Waals surface area contributed by atoms with Gasteiger partial charge in [0.15, 0.2) is 0 Å². The van der Waals surface area contributed by atoms with Gasteiger partial charge in [0.05, 0.1) is 6.07 Å². The third kappa shape index (κ3) is 4.24. The van der Waals surface area contributed by atoms with Crippen LogP contribution in [-0.2, 0) is 0 Å². The van der Waals surface area contributed by atoms with Crippen molar-refractivity contribution < 1.29 is 0 Å². The molecule has 0 aromatic heterocycles. The Morgan fingerprint density at radius 1 is 1.50 bits per heavy atom. The summed E-state index contributed by atoms with van der Waals surface area (Å²) in [6.45, 7) is 1.91. The van der Waals surface area contributed by atoms with Gasteiger partial charge in [-0.2, -0.15) is 28.8 Å². The predicted octanol–water partition coefficient (Wildman–Crippen LogP) is 1.34. The number of nitrogens with zero attached hydrogens (tertiary/aromatic N) is 1. The van der Waals surface area contributed by atoms with E-state index in [0.717, 1.165) is 18.3 Å². The molecular formula is C8H14N2S2. The Morgan fingerprint density at radius 3 is 3.08 bits per heavy atom. The highest BCUT2D eigenvalue weighted by atomic mass is 32.2. The van der Waals surface area contributed by atoms with Crippen molar-refractivity contribution >= 4 is 23.5 Å². The molecule has 0 aromatic rings. The molecule has 0 aromatic carbocycles. The van der Waals surface area contributed by atoms with Crippen LogP contribution in [0.4, 0.5) is 0 Å². The standard InChI is InChI=1S/C8H14N2S2/c9-2-1-3-10-6-8-7-11-4-5-12-8/h8,10H,1,3-7H2. The number of rotatable bonds is 4. The van der Waals surface area contributed by atoms with E-state index in [0.29, 0.717) is 6.42 Å². The first-order valence-corrected chi connectivity index (χ1v) is 6.41. The van der Waals surface area contributed by atoms with Gasteiger partial charge in [-0.1, -0.05) is 0 Å². The van der Waals surface area contributed by atoms with Gasteiger partial charge in [-0.3, -0.25) is 0 Å². The van der Waals surface area contributed by atoms with Gasteiger partial charge in [0.1, 0.15) is 0 Å². The third-order valence-corrected chi connectivity index (χ3v) is 4.52. The molecule has 1 unspecified atom stereocenters. The van der Waals surface area contributed by atoms with Crippen LogP contribution < -0.4 is 5.32 Å². The van der Waals surface area contributed by atoms with Gasteiger partial charge in [0.2, 0.25) is 0 Å². The van der Waals surface area contributed by atoms with E-state index in [1.165, 1.54) is 17.3 Å². The molecule has 0 spiro atoms. The quantitative estimate of drug-likeness (QED) is 0.698. The molecule has 1 aliphatic rings. The van der Waals surface area contributed by atoms with Crippen molar-refractivity contribution in [3.8, 4) is 6.07 Å². The lowest BCUT2D eigenvalue weighted by Gasteiger charge is -2.20. The molecule has 68 valence electrons. The summed E-state index contributed by atoms with van der Waals surface area (Å²) in [5.41, 5.74) is 0. The van der Waals surface area contributed by atoms with E-state index in [4.69, 9.17) is 5.26 Å². The third-order valence-electron chi connectivity index (χ3n) is 1.67. The average Bonchev–Trinajstić information content (AvgIpc) is 2.14. The van der Waals surface area contributed by atoms with Crippen LogP contribution >= 0.6 is 23.5 Å². The molecule has 4 heteroatoms. The largest absolute Gasteiger partial charge is 0.315 e. The Morgan fingerprint density at radius 2 is 2.42 bits per heavy atom. The van der Waals surface area contributed by atoms with Crippen molar-refractivity contribution in [3.05, 3.63) is 0 Å². The molecule has 1 saturated heterocycles. The minimum Gasteiger partial charge on any atom is -0.315 e. The number of thioether (sulfide) groups is 2. The van der Waals surface area contributed by atoms with Crippen LogP contribution in [0, 0.1) is 11.3 Å². The molecule has 12 heavy (non-hydrogen) atoms. The molecule has 0 bridgehead atoms. The highest BCUT2D eigenvalue weighted by Gasteiger charge is 2.12. The average molecular weight is 202 g/mol. The van der Waals surface area contributed by atoms with Crippen LogP contribution in [0.5, 0.6) is 0 Å². The normalized spacial score (nSPS) is 23.4. The number of nitriles is 1. The minimum atomic E-state index is 0.629. The fourth-order valence-electron chi connectivity index (χ4n) is 1.06. The van der Waals surface area contributed by atoms with Gasteiger partial charge < -0.3 is 5.32 Å². The summed E-state index contributed by atoms with van der Waals surface area (Å²) >= 11 is 4.10. The first-order chi connectivity index (χ1) is 5.93. The smallest absolute Gasteiger partial charge is 0.0635 e. The number of hydrogen-bond donors (Lipinski definition) is 1. The Bertz CT molecular complexity index is 150. The minimum absolute atomic E-state index is 0.629. The van der Waals surface area contributed by atoms with Crippen molar-refractivity contribution in [2.75, 3.05) is 30.3 Å². The van der Waals surface area contributed by atoms with Crippen molar-refractivity contribution in [2.24, 2.45) is 0 Å². The van der Waals surface area contributed by atoms with Gasteiger partial charge in [-0.25, -0.2) is 0 Å². The molecule has 1 heterocycles. The second kappa shape index (κ2) is 6.64. The van der Waals surface area contributed by atoms with Crippen LogP contribution in [0.2, 0.25) is 0 Å². The first kappa shape index (κ1) is 10.2. The Hall–Kier alpha value is 0.150. The summed E-state index contributed by atoms with van der Waals surface area (Å²) in [6, 6.07) is 2.13. The maximum absolute atomic E-state index is 8.30. The van der Waals surface area contributed by atoms with Crippen LogP contribution in [-0.4, -0.2) is 35.6 Å². The van der Waals surface area contributed by atoms with E-state index in [1.807, 2.05) is 11.8 Å². The molecule has 1 atom stereocenters. The molecule has 1 fully saturated rings. The predicted molar refractivity (Wildman–Crippen MR) is 56.7 cm³/mol. The highest BCUT2D eigenvalue weighted by Crippen LogP contribution is 2.23. The van der Waals surface area contributed by atoms with Crippen LogP contribution in [0.25, 0.3) is 0 Å². The van der Waals surface area contributed by atoms with Gasteiger partial charge >= 0.3 is 0 Å². The summed E-state index contributed by atoms with van der Waals surface area (Å²) < 4.78 is 0. The Balaban J connectivity index is 1.95. The second-order valence-corrected chi connectivity index (χ2v) is 5.24. The van der Waals surface area contributed by atoms with Gasteiger partial charge in [-0.15, -0.1) is 0 Å². The monoisotopic (exact) mass is 202 g/mol. The lowest BCUT2D eigenvalue weighted by molar-refractivity contribution is 0.691. The van der Waals surface area contributed by atoms with E-state index >= 15 is 0 Å². The Labute approximate surface area is 82.5 Å². The molecule has 1 aliphatic heterocycles. The van der Waals surface area contributed by atoms with Gasteiger partial charge in [-0.05, 0) is 0 Å². The first-order valence-electron chi connectivity index (χ1n) is 4.20. The van der Waals surface area contributed by atoms with Crippen molar-refractivity contribution in [1.29, 1.82) is 5.26 Å². The van der Waals surface area contributed by atoms with E-state index in [-0.39, 0.29) is 0 Å². The number of nitrogens with one attached hydrogen (secondary N) is 1. The zero-order valence-electron chi connectivity index (χ0n) is 7.08. The summed E-state index contributed by atoms with van der Waals surface area (Å²) in [4.78, 5) is 0. The Kier molecular flexibility index (Phi) is 5.66. The maximum atomic E-state index is 8.30. The summed E-state index contributed by atoms with van der Waals surface area (Å²) in [5, 5.41) is 12.4. The molecule has 1 rings (SSSR count). The zero-order valence-corrected chi connectivity index (χ0v) is 8.72. The van der Waals surface area contributed by atoms with E-state index < -0.39 is 0 Å². The SMILES string of the molecule is N#CCCNCC1CSCCS1.